The van der Waals surface area contributed by atoms with E-state index in [0.29, 0.717) is 13.0 Å². The first-order chi connectivity index (χ1) is 11.1. The first kappa shape index (κ1) is 18.9. The summed E-state index contributed by atoms with van der Waals surface area (Å²) in [6.45, 7) is 10.5. The smallest absolute Gasteiger partial charge is 0.400 e. The molecule has 4 nitrogen and oxygen atoms in total. The second-order valence-electron chi connectivity index (χ2n) is 7.46. The van der Waals surface area contributed by atoms with E-state index in [1.54, 1.807) is 6.92 Å². The minimum Gasteiger partial charge on any atom is -0.400 e. The van der Waals surface area contributed by atoms with Crippen LogP contribution < -0.4 is 5.32 Å². The fourth-order valence-electron chi connectivity index (χ4n) is 2.70. The monoisotopic (exact) mass is 329 g/mol. The summed E-state index contributed by atoms with van der Waals surface area (Å²) in [6, 6.07) is 8.03. The highest BCUT2D eigenvalue weighted by molar-refractivity contribution is 6.55. The Morgan fingerprint density at radius 3 is 2.38 bits per heavy atom. The van der Waals surface area contributed by atoms with Gasteiger partial charge in [0.25, 0.3) is 0 Å². The van der Waals surface area contributed by atoms with Crippen LogP contribution in [0.25, 0.3) is 6.08 Å². The molecular weight excluding hydrogens is 301 g/mol. The normalized spacial score (nSPS) is 19.6. The molecule has 130 valence electrons. The second kappa shape index (κ2) is 7.22. The molecular formula is C19H28BNO3. The van der Waals surface area contributed by atoms with Crippen molar-refractivity contribution in [1.29, 1.82) is 0 Å². The van der Waals surface area contributed by atoms with E-state index in [4.69, 9.17) is 9.31 Å². The third kappa shape index (κ3) is 4.35. The number of hydrogen-bond donors (Lipinski definition) is 1. The topological polar surface area (TPSA) is 47.6 Å². The van der Waals surface area contributed by atoms with Gasteiger partial charge in [-0.25, -0.2) is 0 Å². The van der Waals surface area contributed by atoms with E-state index in [1.807, 2.05) is 31.3 Å². The number of benzene rings is 1. The van der Waals surface area contributed by atoms with Crippen molar-refractivity contribution in [1.82, 2.24) is 5.32 Å². The van der Waals surface area contributed by atoms with Crippen molar-refractivity contribution in [3.05, 3.63) is 40.9 Å². The summed E-state index contributed by atoms with van der Waals surface area (Å²) >= 11 is 0. The number of ketones is 1. The van der Waals surface area contributed by atoms with Crippen LogP contribution in [0.3, 0.4) is 0 Å². The molecule has 24 heavy (non-hydrogen) atoms. The zero-order chi connectivity index (χ0) is 18.0. The summed E-state index contributed by atoms with van der Waals surface area (Å²) < 4.78 is 12.3. The van der Waals surface area contributed by atoms with Gasteiger partial charge in [0.15, 0.2) is 0 Å². The van der Waals surface area contributed by atoms with Crippen molar-refractivity contribution < 1.29 is 14.1 Å². The Morgan fingerprint density at radius 1 is 1.21 bits per heavy atom. The summed E-state index contributed by atoms with van der Waals surface area (Å²) in [5, 5.41) is 3.18. The van der Waals surface area contributed by atoms with Gasteiger partial charge in [-0.2, -0.15) is 0 Å². The van der Waals surface area contributed by atoms with E-state index in [2.05, 4.69) is 39.1 Å². The molecule has 1 aliphatic heterocycles. The quantitative estimate of drug-likeness (QED) is 0.815. The van der Waals surface area contributed by atoms with Gasteiger partial charge in [-0.15, -0.1) is 0 Å². The van der Waals surface area contributed by atoms with Gasteiger partial charge in [-0.3, -0.25) is 4.79 Å². The van der Waals surface area contributed by atoms with Crippen molar-refractivity contribution in [3.8, 4) is 0 Å². The molecule has 0 unspecified atom stereocenters. The van der Waals surface area contributed by atoms with Crippen LogP contribution in [0.15, 0.2) is 29.7 Å². The molecule has 1 fully saturated rings. The van der Waals surface area contributed by atoms with Gasteiger partial charge in [0.2, 0.25) is 0 Å². The Bertz CT molecular complexity index is 621. The van der Waals surface area contributed by atoms with Crippen molar-refractivity contribution >= 4 is 19.0 Å². The second-order valence-corrected chi connectivity index (χ2v) is 7.46. The zero-order valence-corrected chi connectivity index (χ0v) is 15.6. The fourth-order valence-corrected chi connectivity index (χ4v) is 2.70. The highest BCUT2D eigenvalue weighted by Gasteiger charge is 2.52. The number of rotatable bonds is 6. The molecule has 0 aliphatic carbocycles. The first-order valence-corrected chi connectivity index (χ1v) is 8.44. The molecule has 1 aromatic rings. The number of hydrogen-bond acceptors (Lipinski definition) is 4. The predicted molar refractivity (Wildman–Crippen MR) is 98.8 cm³/mol. The lowest BCUT2D eigenvalue weighted by molar-refractivity contribution is -0.116. The van der Waals surface area contributed by atoms with Crippen molar-refractivity contribution in [2.45, 2.75) is 52.2 Å². The van der Waals surface area contributed by atoms with E-state index in [-0.39, 0.29) is 24.1 Å². The number of carbonyl (C=O) groups excluding carboxylic acids is 1. The minimum absolute atomic E-state index is 0.164. The van der Waals surface area contributed by atoms with Crippen LogP contribution in [0.4, 0.5) is 0 Å². The Hall–Kier alpha value is -1.43. The van der Waals surface area contributed by atoms with Crippen LogP contribution in [-0.4, -0.2) is 37.7 Å². The van der Waals surface area contributed by atoms with E-state index in [1.165, 1.54) is 0 Å². The lowest BCUT2D eigenvalue weighted by atomic mass is 9.77. The summed E-state index contributed by atoms with van der Waals surface area (Å²) in [5.41, 5.74) is 2.39. The molecule has 0 saturated carbocycles. The molecule has 1 aliphatic rings. The van der Waals surface area contributed by atoms with E-state index in [9.17, 15) is 4.79 Å². The third-order valence-corrected chi connectivity index (χ3v) is 4.69. The largest absolute Gasteiger partial charge is 0.491 e. The molecule has 1 N–H and O–H groups in total. The Labute approximate surface area is 145 Å². The standard InChI is InChI=1S/C19H28BNO3/c1-14(22)10-15-8-7-9-16(11-15)12-17(13-21-6)20-23-18(2,3)19(4,5)24-20/h7-9,11-12,21H,10,13H2,1-6H3. The minimum atomic E-state index is -0.376. The molecule has 0 amide bonds. The van der Waals surface area contributed by atoms with E-state index in [0.717, 1.165) is 16.6 Å². The van der Waals surface area contributed by atoms with Crippen molar-refractivity contribution in [2.75, 3.05) is 13.6 Å². The molecule has 1 saturated heterocycles. The Morgan fingerprint density at radius 2 is 1.83 bits per heavy atom. The maximum Gasteiger partial charge on any atom is 0.491 e. The fraction of sp³-hybridized carbons (Fsp3) is 0.526. The SMILES string of the molecule is CNCC(=Cc1cccc(CC(C)=O)c1)B1OC(C)(C)C(C)(C)O1. The van der Waals surface area contributed by atoms with Gasteiger partial charge in [0.1, 0.15) is 5.78 Å². The molecule has 0 aromatic heterocycles. The number of Topliss-reactive ketones (excluding diaryl/α,β-unsaturated/α-hetero) is 1. The summed E-state index contributed by atoms with van der Waals surface area (Å²) in [6.07, 6.45) is 2.54. The van der Waals surface area contributed by atoms with Gasteiger partial charge >= 0.3 is 7.12 Å². The van der Waals surface area contributed by atoms with Crippen LogP contribution in [0.2, 0.25) is 0 Å². The molecule has 0 spiro atoms. The molecule has 1 aromatic carbocycles. The summed E-state index contributed by atoms with van der Waals surface area (Å²) in [7, 11) is 1.53. The highest BCUT2D eigenvalue weighted by Crippen LogP contribution is 2.38. The third-order valence-electron chi connectivity index (χ3n) is 4.69. The van der Waals surface area contributed by atoms with Gasteiger partial charge in [-0.1, -0.05) is 30.3 Å². The molecule has 5 heteroatoms. The van der Waals surface area contributed by atoms with Gasteiger partial charge in [0.05, 0.1) is 11.2 Å². The van der Waals surface area contributed by atoms with Crippen molar-refractivity contribution in [3.63, 3.8) is 0 Å². The average molecular weight is 329 g/mol. The highest BCUT2D eigenvalue weighted by atomic mass is 16.7. The Kier molecular flexibility index (Phi) is 5.69. The molecule has 0 radical (unpaired) electrons. The number of nitrogens with one attached hydrogen (secondary N) is 1. The zero-order valence-electron chi connectivity index (χ0n) is 15.6. The molecule has 2 rings (SSSR count). The number of likely N-dealkylation sites (N-methyl/N-ethyl adjacent to an activating group) is 1. The lowest BCUT2D eigenvalue weighted by Crippen LogP contribution is -2.41. The maximum atomic E-state index is 11.3. The van der Waals surface area contributed by atoms with Gasteiger partial charge < -0.3 is 14.6 Å². The van der Waals surface area contributed by atoms with E-state index >= 15 is 0 Å². The Balaban J connectivity index is 2.28. The molecule has 0 atom stereocenters. The average Bonchev–Trinajstić information content (AvgIpc) is 2.66. The van der Waals surface area contributed by atoms with Gasteiger partial charge in [-0.05, 0) is 58.3 Å². The van der Waals surface area contributed by atoms with Gasteiger partial charge in [0, 0.05) is 13.0 Å². The van der Waals surface area contributed by atoms with Crippen LogP contribution >= 0.6 is 0 Å². The van der Waals surface area contributed by atoms with E-state index < -0.39 is 0 Å². The first-order valence-electron chi connectivity index (χ1n) is 8.44. The van der Waals surface area contributed by atoms with Crippen LogP contribution in [0.1, 0.15) is 45.7 Å². The maximum absolute atomic E-state index is 11.3. The predicted octanol–water partition coefficient (Wildman–Crippen LogP) is 3.05. The molecule has 1 heterocycles. The van der Waals surface area contributed by atoms with Crippen LogP contribution in [0.5, 0.6) is 0 Å². The molecule has 0 bridgehead atoms. The van der Waals surface area contributed by atoms with Crippen LogP contribution in [0, 0.1) is 0 Å². The number of carbonyl (C=O) groups is 1. The summed E-state index contributed by atoms with van der Waals surface area (Å²) in [4.78, 5) is 11.3. The lowest BCUT2D eigenvalue weighted by Gasteiger charge is -2.32. The van der Waals surface area contributed by atoms with Crippen molar-refractivity contribution in [2.24, 2.45) is 0 Å². The van der Waals surface area contributed by atoms with Crippen LogP contribution in [-0.2, 0) is 20.5 Å². The summed E-state index contributed by atoms with van der Waals surface area (Å²) in [5.74, 6) is 0.164.